The Bertz CT molecular complexity index is 1090. The molecule has 0 fully saturated rings. The molecule has 4 nitrogen and oxygen atoms in total. The second kappa shape index (κ2) is 9.16. The minimum atomic E-state index is -3.57. The van der Waals surface area contributed by atoms with Crippen molar-refractivity contribution in [2.45, 2.75) is 32.4 Å². The molecule has 164 valence electrons. The van der Waals surface area contributed by atoms with E-state index in [2.05, 4.69) is 45.0 Å². The highest BCUT2D eigenvalue weighted by Gasteiger charge is 2.52. The van der Waals surface area contributed by atoms with Crippen LogP contribution in [0.3, 0.4) is 0 Å². The van der Waals surface area contributed by atoms with Crippen LogP contribution in [0, 0.1) is 0 Å². The van der Waals surface area contributed by atoms with E-state index in [9.17, 15) is 8.42 Å². The Morgan fingerprint density at radius 2 is 1.39 bits per heavy atom. The SMILES string of the molecule is CC(C)(C)[Si](Oc1cc(Cl)cc(COS(C)(=O)=O)c1)(c1ccccc1)c1ccccc1. The fourth-order valence-electron chi connectivity index (χ4n) is 3.76. The third-order valence-electron chi connectivity index (χ3n) is 5.06. The van der Waals surface area contributed by atoms with Crippen LogP contribution in [-0.4, -0.2) is 23.0 Å². The van der Waals surface area contributed by atoms with Crippen molar-refractivity contribution in [3.8, 4) is 5.75 Å². The number of hydrogen-bond donors (Lipinski definition) is 0. The van der Waals surface area contributed by atoms with Crippen LogP contribution in [0.2, 0.25) is 10.1 Å². The molecule has 0 aromatic heterocycles. The smallest absolute Gasteiger partial charge is 0.319 e. The zero-order valence-electron chi connectivity index (χ0n) is 18.1. The van der Waals surface area contributed by atoms with E-state index >= 15 is 0 Å². The van der Waals surface area contributed by atoms with Gasteiger partial charge in [-0.25, -0.2) is 0 Å². The molecular formula is C24H27ClO4SSi. The highest BCUT2D eigenvalue weighted by molar-refractivity contribution is 7.85. The van der Waals surface area contributed by atoms with Crippen LogP contribution >= 0.6 is 11.6 Å². The molecule has 0 amide bonds. The fourth-order valence-corrected chi connectivity index (χ4v) is 8.76. The van der Waals surface area contributed by atoms with Gasteiger partial charge in [-0.3, -0.25) is 4.18 Å². The Labute approximate surface area is 191 Å². The van der Waals surface area contributed by atoms with Gasteiger partial charge in [0.05, 0.1) is 12.9 Å². The van der Waals surface area contributed by atoms with E-state index in [4.69, 9.17) is 20.2 Å². The van der Waals surface area contributed by atoms with Crippen molar-refractivity contribution < 1.29 is 17.0 Å². The topological polar surface area (TPSA) is 52.6 Å². The van der Waals surface area contributed by atoms with E-state index in [1.165, 1.54) is 0 Å². The second-order valence-electron chi connectivity index (χ2n) is 8.53. The Hall–Kier alpha value is -2.12. The van der Waals surface area contributed by atoms with Crippen molar-refractivity contribution >= 4 is 40.4 Å². The molecular weight excluding hydrogens is 448 g/mol. The average Bonchev–Trinajstić information content (AvgIpc) is 2.70. The van der Waals surface area contributed by atoms with Crippen LogP contribution in [0.5, 0.6) is 5.75 Å². The van der Waals surface area contributed by atoms with Crippen molar-refractivity contribution in [2.75, 3.05) is 6.26 Å². The number of benzene rings is 3. The fraction of sp³-hybridized carbons (Fsp3) is 0.250. The molecule has 0 atom stereocenters. The first-order valence-electron chi connectivity index (χ1n) is 9.95. The predicted octanol–water partition coefficient (Wildman–Crippen LogP) is 4.76. The normalized spacial score (nSPS) is 12.5. The molecule has 0 aliphatic carbocycles. The van der Waals surface area contributed by atoms with E-state index < -0.39 is 18.4 Å². The highest BCUT2D eigenvalue weighted by Crippen LogP contribution is 2.38. The summed E-state index contributed by atoms with van der Waals surface area (Å²) in [6.07, 6.45) is 1.03. The summed E-state index contributed by atoms with van der Waals surface area (Å²) in [6, 6.07) is 25.8. The van der Waals surface area contributed by atoms with Gasteiger partial charge in [-0.15, -0.1) is 0 Å². The van der Waals surface area contributed by atoms with E-state index in [0.717, 1.165) is 16.6 Å². The maximum Gasteiger partial charge on any atom is 0.319 e. The minimum absolute atomic E-state index is 0.101. The van der Waals surface area contributed by atoms with Crippen molar-refractivity contribution in [1.82, 2.24) is 0 Å². The summed E-state index contributed by atoms with van der Waals surface area (Å²) in [5, 5.41) is 2.54. The maximum atomic E-state index is 11.4. The van der Waals surface area contributed by atoms with Gasteiger partial charge in [-0.05, 0) is 39.2 Å². The highest BCUT2D eigenvalue weighted by atomic mass is 35.5. The molecule has 0 unspecified atom stereocenters. The monoisotopic (exact) mass is 474 g/mol. The zero-order chi connectivity index (χ0) is 22.7. The molecule has 0 aliphatic rings. The first kappa shape index (κ1) is 23.5. The molecule has 0 saturated heterocycles. The summed E-state index contributed by atoms with van der Waals surface area (Å²) in [5.41, 5.74) is 0.630. The Balaban J connectivity index is 2.15. The molecule has 31 heavy (non-hydrogen) atoms. The van der Waals surface area contributed by atoms with Crippen LogP contribution in [0.4, 0.5) is 0 Å². The van der Waals surface area contributed by atoms with E-state index in [0.29, 0.717) is 16.3 Å². The van der Waals surface area contributed by atoms with Crippen LogP contribution in [0.15, 0.2) is 78.9 Å². The molecule has 3 aromatic rings. The predicted molar refractivity (Wildman–Crippen MR) is 129 cm³/mol. The van der Waals surface area contributed by atoms with Gasteiger partial charge in [0.15, 0.2) is 0 Å². The molecule has 3 aromatic carbocycles. The van der Waals surface area contributed by atoms with Crippen molar-refractivity contribution in [1.29, 1.82) is 0 Å². The zero-order valence-corrected chi connectivity index (χ0v) is 20.7. The Morgan fingerprint density at radius 3 is 1.84 bits per heavy atom. The van der Waals surface area contributed by atoms with Gasteiger partial charge in [0.2, 0.25) is 0 Å². The van der Waals surface area contributed by atoms with Gasteiger partial charge in [0.25, 0.3) is 10.1 Å². The number of hydrogen-bond acceptors (Lipinski definition) is 4. The first-order valence-corrected chi connectivity index (χ1v) is 14.1. The molecule has 0 radical (unpaired) electrons. The quantitative estimate of drug-likeness (QED) is 0.366. The average molecular weight is 475 g/mol. The molecule has 0 spiro atoms. The summed E-state index contributed by atoms with van der Waals surface area (Å²) in [4.78, 5) is 0. The van der Waals surface area contributed by atoms with Crippen molar-refractivity contribution in [3.63, 3.8) is 0 Å². The number of rotatable bonds is 7. The van der Waals surface area contributed by atoms with E-state index in [-0.39, 0.29) is 11.6 Å². The molecule has 0 bridgehead atoms. The van der Waals surface area contributed by atoms with Crippen LogP contribution in [0.1, 0.15) is 26.3 Å². The van der Waals surface area contributed by atoms with Crippen LogP contribution in [-0.2, 0) is 20.9 Å². The summed E-state index contributed by atoms with van der Waals surface area (Å²) >= 11 is 6.37. The third-order valence-corrected chi connectivity index (χ3v) is 10.8. The summed E-state index contributed by atoms with van der Waals surface area (Å²) in [5.74, 6) is 0.592. The standard InChI is InChI=1S/C24H27ClO4SSi/c1-24(2,3)31(22-11-7-5-8-12-22,23-13-9-6-10-14-23)29-21-16-19(15-20(25)17-21)18-28-30(4,26)27/h5-17H,18H2,1-4H3. The van der Waals surface area contributed by atoms with E-state index in [1.807, 2.05) is 36.4 Å². The van der Waals surface area contributed by atoms with Gasteiger partial charge in [0, 0.05) is 5.02 Å². The lowest BCUT2D eigenvalue weighted by Crippen LogP contribution is -2.68. The molecule has 0 heterocycles. The lowest BCUT2D eigenvalue weighted by molar-refractivity contribution is 0.311. The number of halogens is 1. The van der Waals surface area contributed by atoms with Gasteiger partial charge in [-0.2, -0.15) is 8.42 Å². The van der Waals surface area contributed by atoms with Crippen LogP contribution < -0.4 is 14.8 Å². The Kier molecular flexibility index (Phi) is 6.96. The molecule has 0 saturated carbocycles. The lowest BCUT2D eigenvalue weighted by Gasteiger charge is -2.43. The minimum Gasteiger partial charge on any atom is -0.534 e. The van der Waals surface area contributed by atoms with Gasteiger partial charge in [-0.1, -0.05) is 93.0 Å². The maximum absolute atomic E-state index is 11.4. The van der Waals surface area contributed by atoms with Gasteiger partial charge < -0.3 is 4.43 Å². The second-order valence-corrected chi connectivity index (χ2v) is 14.8. The first-order chi connectivity index (χ1) is 14.5. The summed E-state index contributed by atoms with van der Waals surface area (Å²) in [6.45, 7) is 6.48. The van der Waals surface area contributed by atoms with Crippen molar-refractivity contribution in [2.24, 2.45) is 0 Å². The van der Waals surface area contributed by atoms with Gasteiger partial charge in [0.1, 0.15) is 5.75 Å². The lowest BCUT2D eigenvalue weighted by atomic mass is 10.2. The largest absolute Gasteiger partial charge is 0.534 e. The molecule has 0 N–H and O–H groups in total. The van der Waals surface area contributed by atoms with E-state index in [1.54, 1.807) is 18.2 Å². The summed E-state index contributed by atoms with van der Waals surface area (Å²) in [7, 11) is -6.38. The summed E-state index contributed by atoms with van der Waals surface area (Å²) < 4.78 is 34.8. The molecule has 0 aliphatic heterocycles. The third kappa shape index (κ3) is 5.57. The van der Waals surface area contributed by atoms with Crippen LogP contribution in [0.25, 0.3) is 0 Å². The Morgan fingerprint density at radius 1 is 0.871 bits per heavy atom. The van der Waals surface area contributed by atoms with Gasteiger partial charge >= 0.3 is 8.32 Å². The molecule has 3 rings (SSSR count). The molecule has 7 heteroatoms. The van der Waals surface area contributed by atoms with Crippen molar-refractivity contribution in [3.05, 3.63) is 89.4 Å².